The highest BCUT2D eigenvalue weighted by molar-refractivity contribution is 5.98. The van der Waals surface area contributed by atoms with E-state index >= 15 is 0 Å². The highest BCUT2D eigenvalue weighted by Crippen LogP contribution is 2.19. The highest BCUT2D eigenvalue weighted by Gasteiger charge is 2.29. The van der Waals surface area contributed by atoms with E-state index in [1.54, 1.807) is 25.4 Å². The molecule has 0 aromatic carbocycles. The molecule has 0 aliphatic carbocycles. The van der Waals surface area contributed by atoms with Gasteiger partial charge in [-0.1, -0.05) is 0 Å². The molecule has 1 aromatic rings. The van der Waals surface area contributed by atoms with E-state index in [4.69, 9.17) is 4.74 Å². The van der Waals surface area contributed by atoms with E-state index in [0.29, 0.717) is 24.5 Å². The van der Waals surface area contributed by atoms with Gasteiger partial charge < -0.3 is 15.0 Å². The van der Waals surface area contributed by atoms with E-state index in [0.717, 1.165) is 0 Å². The summed E-state index contributed by atoms with van der Waals surface area (Å²) < 4.78 is 5.54. The van der Waals surface area contributed by atoms with Gasteiger partial charge in [0.2, 0.25) is 0 Å². The Labute approximate surface area is 107 Å². The molecule has 1 fully saturated rings. The van der Waals surface area contributed by atoms with Crippen molar-refractivity contribution in [1.82, 2.24) is 9.88 Å². The van der Waals surface area contributed by atoms with Crippen LogP contribution in [0.5, 0.6) is 0 Å². The Kier molecular flexibility index (Phi) is 3.81. The number of aromatic nitrogens is 1. The van der Waals surface area contributed by atoms with Gasteiger partial charge in [-0.2, -0.15) is 0 Å². The van der Waals surface area contributed by atoms with Crippen molar-refractivity contribution in [3.63, 3.8) is 0 Å². The maximum absolute atomic E-state index is 12.5. The molecule has 2 atom stereocenters. The molecule has 5 nitrogen and oxygen atoms in total. The molecule has 18 heavy (non-hydrogen) atoms. The SMILES string of the molecule is CNc1ncccc1C(=O)N1CC(C)OCC1C. The predicted molar refractivity (Wildman–Crippen MR) is 69.7 cm³/mol. The Bertz CT molecular complexity index is 436. The molecule has 2 heterocycles. The van der Waals surface area contributed by atoms with Gasteiger partial charge in [0.1, 0.15) is 5.82 Å². The molecule has 1 saturated heterocycles. The molecular weight excluding hydrogens is 230 g/mol. The van der Waals surface area contributed by atoms with Gasteiger partial charge in [-0.15, -0.1) is 0 Å². The van der Waals surface area contributed by atoms with Crippen molar-refractivity contribution < 1.29 is 9.53 Å². The van der Waals surface area contributed by atoms with E-state index in [1.807, 2.05) is 18.7 Å². The van der Waals surface area contributed by atoms with Crippen molar-refractivity contribution in [3.8, 4) is 0 Å². The maximum Gasteiger partial charge on any atom is 0.258 e. The second-order valence-electron chi connectivity index (χ2n) is 4.60. The van der Waals surface area contributed by atoms with Crippen molar-refractivity contribution >= 4 is 11.7 Å². The van der Waals surface area contributed by atoms with Crippen molar-refractivity contribution in [2.45, 2.75) is 26.0 Å². The summed E-state index contributed by atoms with van der Waals surface area (Å²) in [4.78, 5) is 18.5. The molecule has 5 heteroatoms. The van der Waals surface area contributed by atoms with Gasteiger partial charge in [-0.25, -0.2) is 4.98 Å². The second kappa shape index (κ2) is 5.35. The minimum absolute atomic E-state index is 0.00935. The largest absolute Gasteiger partial charge is 0.375 e. The Hall–Kier alpha value is -1.62. The van der Waals surface area contributed by atoms with E-state index in [1.165, 1.54) is 0 Å². The number of rotatable bonds is 2. The van der Waals surface area contributed by atoms with Gasteiger partial charge in [0.15, 0.2) is 0 Å². The quantitative estimate of drug-likeness (QED) is 0.860. The third-order valence-corrected chi connectivity index (χ3v) is 3.14. The van der Waals surface area contributed by atoms with Crippen molar-refractivity contribution in [1.29, 1.82) is 0 Å². The molecular formula is C13H19N3O2. The zero-order valence-electron chi connectivity index (χ0n) is 11.0. The summed E-state index contributed by atoms with van der Waals surface area (Å²) in [5, 5.41) is 2.95. The van der Waals surface area contributed by atoms with Crippen molar-refractivity contribution in [3.05, 3.63) is 23.9 Å². The monoisotopic (exact) mass is 249 g/mol. The summed E-state index contributed by atoms with van der Waals surface area (Å²) in [6.07, 6.45) is 1.76. The fraction of sp³-hybridized carbons (Fsp3) is 0.538. The van der Waals surface area contributed by atoms with Crippen LogP contribution in [0, 0.1) is 0 Å². The minimum Gasteiger partial charge on any atom is -0.375 e. The molecule has 2 rings (SSSR count). The first-order chi connectivity index (χ1) is 8.63. The van der Waals surface area contributed by atoms with Crippen LogP contribution in [0.4, 0.5) is 5.82 Å². The summed E-state index contributed by atoms with van der Waals surface area (Å²) in [5.41, 5.74) is 0.612. The van der Waals surface area contributed by atoms with Gasteiger partial charge in [0.05, 0.1) is 24.3 Å². The predicted octanol–water partition coefficient (Wildman–Crippen LogP) is 1.37. The molecule has 0 radical (unpaired) electrons. The molecule has 1 N–H and O–H groups in total. The number of nitrogens with zero attached hydrogens (tertiary/aromatic N) is 2. The normalized spacial score (nSPS) is 23.8. The van der Waals surface area contributed by atoms with Gasteiger partial charge in [0.25, 0.3) is 5.91 Å². The van der Waals surface area contributed by atoms with Crippen LogP contribution in [0.15, 0.2) is 18.3 Å². The molecule has 1 aromatic heterocycles. The van der Waals surface area contributed by atoms with E-state index in [-0.39, 0.29) is 18.1 Å². The summed E-state index contributed by atoms with van der Waals surface area (Å²) in [5.74, 6) is 0.629. The van der Waals surface area contributed by atoms with Crippen LogP contribution in [0.2, 0.25) is 0 Å². The number of nitrogens with one attached hydrogen (secondary N) is 1. The maximum atomic E-state index is 12.5. The topological polar surface area (TPSA) is 54.5 Å². The average molecular weight is 249 g/mol. The third kappa shape index (κ3) is 2.46. The van der Waals surface area contributed by atoms with E-state index in [9.17, 15) is 4.79 Å². The van der Waals surface area contributed by atoms with Crippen molar-refractivity contribution in [2.24, 2.45) is 0 Å². The van der Waals surface area contributed by atoms with Crippen LogP contribution in [0.1, 0.15) is 24.2 Å². The van der Waals surface area contributed by atoms with Gasteiger partial charge in [-0.3, -0.25) is 4.79 Å². The third-order valence-electron chi connectivity index (χ3n) is 3.14. The lowest BCUT2D eigenvalue weighted by Crippen LogP contribution is -2.50. The molecule has 98 valence electrons. The first kappa shape index (κ1) is 12.8. The molecule has 0 spiro atoms. The average Bonchev–Trinajstić information content (AvgIpc) is 2.40. The number of hydrogen-bond donors (Lipinski definition) is 1. The van der Waals surface area contributed by atoms with Crippen molar-refractivity contribution in [2.75, 3.05) is 25.5 Å². The number of hydrogen-bond acceptors (Lipinski definition) is 4. The summed E-state index contributed by atoms with van der Waals surface area (Å²) in [6.45, 7) is 5.19. The molecule has 0 saturated carbocycles. The standard InChI is InChI=1S/C13H19N3O2/c1-9-8-18-10(2)7-16(9)13(17)11-5-4-6-15-12(11)14-3/h4-6,9-10H,7-8H2,1-3H3,(H,14,15). The number of pyridine rings is 1. The number of anilines is 1. The van der Waals surface area contributed by atoms with Crippen LogP contribution >= 0.6 is 0 Å². The lowest BCUT2D eigenvalue weighted by Gasteiger charge is -2.37. The number of carbonyl (C=O) groups is 1. The molecule has 1 amide bonds. The Balaban J connectivity index is 2.24. The zero-order chi connectivity index (χ0) is 13.1. The van der Waals surface area contributed by atoms with Gasteiger partial charge >= 0.3 is 0 Å². The zero-order valence-corrected chi connectivity index (χ0v) is 11.0. The highest BCUT2D eigenvalue weighted by atomic mass is 16.5. The number of amides is 1. The van der Waals surface area contributed by atoms with Crippen LogP contribution < -0.4 is 5.32 Å². The molecule has 1 aliphatic heterocycles. The lowest BCUT2D eigenvalue weighted by molar-refractivity contribution is -0.0386. The van der Waals surface area contributed by atoms with E-state index < -0.39 is 0 Å². The lowest BCUT2D eigenvalue weighted by atomic mass is 10.1. The Morgan fingerprint density at radius 2 is 2.33 bits per heavy atom. The van der Waals surface area contributed by atoms with Gasteiger partial charge in [0, 0.05) is 19.8 Å². The fourth-order valence-electron chi connectivity index (χ4n) is 2.12. The van der Waals surface area contributed by atoms with Gasteiger partial charge in [-0.05, 0) is 26.0 Å². The number of carbonyl (C=O) groups excluding carboxylic acids is 1. The molecule has 0 bridgehead atoms. The number of morpholine rings is 1. The number of ether oxygens (including phenoxy) is 1. The summed E-state index contributed by atoms with van der Waals surface area (Å²) in [7, 11) is 1.77. The van der Waals surface area contributed by atoms with Crippen LogP contribution in [-0.4, -0.2) is 48.1 Å². The first-order valence-corrected chi connectivity index (χ1v) is 6.18. The van der Waals surface area contributed by atoms with Crippen LogP contribution in [-0.2, 0) is 4.74 Å². The summed E-state index contributed by atoms with van der Waals surface area (Å²) >= 11 is 0. The van der Waals surface area contributed by atoms with E-state index in [2.05, 4.69) is 10.3 Å². The fourth-order valence-corrected chi connectivity index (χ4v) is 2.12. The van der Waals surface area contributed by atoms with Crippen LogP contribution in [0.3, 0.4) is 0 Å². The Morgan fingerprint density at radius 3 is 3.06 bits per heavy atom. The Morgan fingerprint density at radius 1 is 1.56 bits per heavy atom. The minimum atomic E-state index is 0.00935. The molecule has 1 aliphatic rings. The second-order valence-corrected chi connectivity index (χ2v) is 4.60. The molecule has 2 unspecified atom stereocenters. The van der Waals surface area contributed by atoms with Crippen LogP contribution in [0.25, 0.3) is 0 Å². The first-order valence-electron chi connectivity index (χ1n) is 6.18. The smallest absolute Gasteiger partial charge is 0.258 e. The summed E-state index contributed by atoms with van der Waals surface area (Å²) in [6, 6.07) is 3.68.